The van der Waals surface area contributed by atoms with Crippen LogP contribution in [0, 0.1) is 5.92 Å². The van der Waals surface area contributed by atoms with Crippen LogP contribution in [0.5, 0.6) is 0 Å². The molecule has 2 atom stereocenters. The van der Waals surface area contributed by atoms with Crippen molar-refractivity contribution in [2.24, 2.45) is 21.9 Å². The van der Waals surface area contributed by atoms with E-state index in [4.69, 9.17) is 32.0 Å². The van der Waals surface area contributed by atoms with Crippen molar-refractivity contribution in [2.45, 2.75) is 57.7 Å². The minimum atomic E-state index is -0.833. The number of rotatable bonds is 5. The molecule has 0 unspecified atom stereocenters. The van der Waals surface area contributed by atoms with Gasteiger partial charge in [-0.1, -0.05) is 30.7 Å². The molecule has 3 saturated heterocycles. The second-order valence-electron chi connectivity index (χ2n) is 10.5. The lowest BCUT2D eigenvalue weighted by Crippen LogP contribution is -2.60. The van der Waals surface area contributed by atoms with Gasteiger partial charge in [0, 0.05) is 63.3 Å². The molecule has 0 bridgehead atoms. The fourth-order valence-electron chi connectivity index (χ4n) is 5.66. The minimum Gasteiger partial charge on any atom is -0.481 e. The second kappa shape index (κ2) is 12.4. The van der Waals surface area contributed by atoms with Crippen LogP contribution in [0.4, 0.5) is 0 Å². The Morgan fingerprint density at radius 1 is 1.17 bits per heavy atom. The number of carbonyl (C=O) groups is 1. The van der Waals surface area contributed by atoms with E-state index in [1.54, 1.807) is 0 Å². The van der Waals surface area contributed by atoms with Crippen molar-refractivity contribution in [3.8, 4) is 0 Å². The number of carboxylic acids is 1. The van der Waals surface area contributed by atoms with E-state index in [1.807, 2.05) is 12.1 Å². The Labute approximate surface area is 218 Å². The molecule has 5 rings (SSSR count). The van der Waals surface area contributed by atoms with Crippen molar-refractivity contribution in [3.63, 3.8) is 0 Å². The highest BCUT2D eigenvalue weighted by molar-refractivity contribution is 6.30. The molecule has 3 fully saturated rings. The van der Waals surface area contributed by atoms with Gasteiger partial charge in [-0.3, -0.25) is 9.69 Å². The van der Waals surface area contributed by atoms with Gasteiger partial charge in [0.05, 0.1) is 19.1 Å². The molecule has 198 valence electrons. The monoisotopic (exact) mass is 518 g/mol. The van der Waals surface area contributed by atoms with Crippen molar-refractivity contribution in [1.29, 1.82) is 0 Å². The third kappa shape index (κ3) is 7.41. The Bertz CT molecular complexity index is 938. The van der Waals surface area contributed by atoms with Gasteiger partial charge in [0.15, 0.2) is 0 Å². The molecule has 1 aromatic carbocycles. The maximum Gasteiger partial charge on any atom is 0.300 e. The van der Waals surface area contributed by atoms with Crippen molar-refractivity contribution < 1.29 is 14.6 Å². The fraction of sp³-hybridized carbons (Fsp3) is 0.654. The SMILES string of the molecule is CC(=O)O.CC1CN(C[C@H]2CN(C3CCN(C4=NN=C(N)C4)CC3)[C@@H](Cc3ccc(Cl)cc3)CO2)C1. The number of amidine groups is 2. The summed E-state index contributed by atoms with van der Waals surface area (Å²) < 4.78 is 6.40. The first-order valence-electron chi connectivity index (χ1n) is 12.9. The molecule has 0 amide bonds. The number of hydrogen-bond donors (Lipinski definition) is 2. The van der Waals surface area contributed by atoms with Crippen molar-refractivity contribution >= 4 is 29.2 Å². The number of aliphatic carboxylic acids is 1. The Balaban J connectivity index is 0.000000709. The number of halogens is 1. The van der Waals surface area contributed by atoms with Gasteiger partial charge in [0.1, 0.15) is 11.7 Å². The summed E-state index contributed by atoms with van der Waals surface area (Å²) in [6, 6.07) is 9.27. The van der Waals surface area contributed by atoms with Crippen LogP contribution in [-0.2, 0) is 16.0 Å². The van der Waals surface area contributed by atoms with E-state index in [9.17, 15) is 0 Å². The largest absolute Gasteiger partial charge is 0.481 e. The van der Waals surface area contributed by atoms with Crippen LogP contribution in [-0.4, -0.2) is 102 Å². The van der Waals surface area contributed by atoms with E-state index in [0.29, 0.717) is 30.4 Å². The number of likely N-dealkylation sites (tertiary alicyclic amines) is 2. The van der Waals surface area contributed by atoms with E-state index >= 15 is 0 Å². The van der Waals surface area contributed by atoms with E-state index in [1.165, 1.54) is 18.7 Å². The third-order valence-corrected chi connectivity index (χ3v) is 7.58. The summed E-state index contributed by atoms with van der Waals surface area (Å²) in [5.41, 5.74) is 7.16. The number of benzene rings is 1. The van der Waals surface area contributed by atoms with Gasteiger partial charge < -0.3 is 25.4 Å². The van der Waals surface area contributed by atoms with Gasteiger partial charge in [0.2, 0.25) is 0 Å². The minimum absolute atomic E-state index is 0.300. The summed E-state index contributed by atoms with van der Waals surface area (Å²) in [7, 11) is 0. The zero-order valence-electron chi connectivity index (χ0n) is 21.4. The zero-order valence-corrected chi connectivity index (χ0v) is 22.1. The number of morpholine rings is 1. The number of carboxylic acid groups (broad SMARTS) is 1. The molecule has 0 aliphatic carbocycles. The highest BCUT2D eigenvalue weighted by Gasteiger charge is 2.37. The highest BCUT2D eigenvalue weighted by Crippen LogP contribution is 2.27. The quantitative estimate of drug-likeness (QED) is 0.616. The third-order valence-electron chi connectivity index (χ3n) is 7.33. The average molecular weight is 519 g/mol. The number of ether oxygens (including phenoxy) is 1. The molecule has 0 saturated carbocycles. The number of piperidine rings is 1. The molecule has 4 heterocycles. The van der Waals surface area contributed by atoms with Gasteiger partial charge in [-0.25, -0.2) is 0 Å². The summed E-state index contributed by atoms with van der Waals surface area (Å²) in [6.07, 6.45) is 4.28. The van der Waals surface area contributed by atoms with Crippen molar-refractivity contribution in [2.75, 3.05) is 45.9 Å². The molecule has 9 nitrogen and oxygen atoms in total. The van der Waals surface area contributed by atoms with E-state index in [-0.39, 0.29) is 0 Å². The molecule has 3 N–H and O–H groups in total. The van der Waals surface area contributed by atoms with E-state index < -0.39 is 5.97 Å². The number of hydrogen-bond acceptors (Lipinski definition) is 8. The van der Waals surface area contributed by atoms with Crippen molar-refractivity contribution in [1.82, 2.24) is 14.7 Å². The van der Waals surface area contributed by atoms with E-state index in [0.717, 1.165) is 75.7 Å². The lowest BCUT2D eigenvalue weighted by Gasteiger charge is -2.48. The van der Waals surface area contributed by atoms with Crippen LogP contribution in [0.15, 0.2) is 34.5 Å². The maximum atomic E-state index is 9.00. The van der Waals surface area contributed by atoms with Crippen LogP contribution in [0.3, 0.4) is 0 Å². The molecular weight excluding hydrogens is 480 g/mol. The van der Waals surface area contributed by atoms with E-state index in [2.05, 4.69) is 44.0 Å². The first kappa shape index (κ1) is 26.9. The Kier molecular flexibility index (Phi) is 9.22. The smallest absolute Gasteiger partial charge is 0.300 e. The number of nitrogens with two attached hydrogens (primary N) is 1. The fourth-order valence-corrected chi connectivity index (χ4v) is 5.78. The summed E-state index contributed by atoms with van der Waals surface area (Å²) in [5.74, 6) is 1.65. The van der Waals surface area contributed by atoms with Gasteiger partial charge in [0.25, 0.3) is 5.97 Å². The molecule has 36 heavy (non-hydrogen) atoms. The van der Waals surface area contributed by atoms with Crippen LogP contribution in [0.2, 0.25) is 5.02 Å². The maximum absolute atomic E-state index is 9.00. The van der Waals surface area contributed by atoms with Crippen LogP contribution >= 0.6 is 11.6 Å². The Morgan fingerprint density at radius 2 is 1.83 bits per heavy atom. The number of nitrogens with zero attached hydrogens (tertiary/aromatic N) is 5. The molecule has 0 spiro atoms. The Hall–Kier alpha value is -2.20. The predicted octanol–water partition coefficient (Wildman–Crippen LogP) is 2.53. The molecule has 10 heteroatoms. The lowest BCUT2D eigenvalue weighted by atomic mass is 9.95. The standard InChI is InChI=1S/C24H35ClN6O.C2H4O2/c1-17-12-29(13-17)14-22-15-31(21(16-32-22)10-18-2-4-19(25)5-3-18)20-6-8-30(9-7-20)24-11-23(26)27-28-24;1-2(3)4/h2-5,17,20-22H,6-16H2,1H3,(H2,26,27);1H3,(H,3,4)/t21-,22-;/m0./s1. The van der Waals surface area contributed by atoms with Crippen molar-refractivity contribution in [3.05, 3.63) is 34.9 Å². The Morgan fingerprint density at radius 3 is 2.42 bits per heavy atom. The molecule has 0 aromatic heterocycles. The lowest BCUT2D eigenvalue weighted by molar-refractivity contribution is -0.134. The highest BCUT2D eigenvalue weighted by atomic mass is 35.5. The molecule has 0 radical (unpaired) electrons. The first-order chi connectivity index (χ1) is 17.3. The van der Waals surface area contributed by atoms with Gasteiger partial charge in [-0.05, 0) is 42.9 Å². The summed E-state index contributed by atoms with van der Waals surface area (Å²) >= 11 is 6.11. The normalized spacial score (nSPS) is 26.0. The van der Waals surface area contributed by atoms with Crippen LogP contribution in [0.1, 0.15) is 38.7 Å². The van der Waals surface area contributed by atoms with Gasteiger partial charge in [-0.15, -0.1) is 10.2 Å². The van der Waals surface area contributed by atoms with Crippen LogP contribution in [0.25, 0.3) is 0 Å². The van der Waals surface area contributed by atoms with Gasteiger partial charge in [-0.2, -0.15) is 0 Å². The summed E-state index contributed by atoms with van der Waals surface area (Å²) in [5, 5.41) is 16.5. The molecule has 4 aliphatic heterocycles. The van der Waals surface area contributed by atoms with Crippen LogP contribution < -0.4 is 5.73 Å². The molecule has 1 aromatic rings. The summed E-state index contributed by atoms with van der Waals surface area (Å²) in [4.78, 5) is 16.7. The summed E-state index contributed by atoms with van der Waals surface area (Å²) in [6.45, 7) is 10.7. The average Bonchev–Trinajstić information content (AvgIpc) is 3.26. The zero-order chi connectivity index (χ0) is 25.7. The second-order valence-corrected chi connectivity index (χ2v) is 10.9. The topological polar surface area (TPSA) is 107 Å². The first-order valence-corrected chi connectivity index (χ1v) is 13.3. The molecular formula is C26H39ClN6O3. The molecule has 4 aliphatic rings. The van der Waals surface area contributed by atoms with Gasteiger partial charge >= 0.3 is 0 Å². The predicted molar refractivity (Wildman–Crippen MR) is 143 cm³/mol.